The molecular formula is C24H31N3O2S2. The third kappa shape index (κ3) is 4.82. The highest BCUT2D eigenvalue weighted by Crippen LogP contribution is 2.60. The summed E-state index contributed by atoms with van der Waals surface area (Å²) in [6.07, 6.45) is 10.2. The predicted octanol–water partition coefficient (Wildman–Crippen LogP) is 6.16. The van der Waals surface area contributed by atoms with Gasteiger partial charge in [0.1, 0.15) is 0 Å². The highest BCUT2D eigenvalue weighted by Gasteiger charge is 2.54. The maximum Gasteiger partial charge on any atom is 0.277 e. The quantitative estimate of drug-likeness (QED) is 0.359. The van der Waals surface area contributed by atoms with Crippen molar-refractivity contribution in [2.45, 2.75) is 73.8 Å². The van der Waals surface area contributed by atoms with Crippen molar-refractivity contribution in [1.29, 1.82) is 0 Å². The van der Waals surface area contributed by atoms with Crippen LogP contribution in [0.5, 0.6) is 0 Å². The van der Waals surface area contributed by atoms with E-state index >= 15 is 0 Å². The molecule has 31 heavy (non-hydrogen) atoms. The highest BCUT2D eigenvalue weighted by atomic mass is 32.2. The number of carbonyl (C=O) groups excluding carboxylic acids is 1. The predicted molar refractivity (Wildman–Crippen MR) is 126 cm³/mol. The Hall–Kier alpha value is -1.47. The molecule has 0 radical (unpaired) electrons. The zero-order chi connectivity index (χ0) is 21.3. The summed E-state index contributed by atoms with van der Waals surface area (Å²) in [4.78, 5) is 13.6. The zero-order valence-corrected chi connectivity index (χ0v) is 19.8. The third-order valence-electron chi connectivity index (χ3n) is 7.13. The van der Waals surface area contributed by atoms with Gasteiger partial charge in [0, 0.05) is 16.0 Å². The molecular weight excluding hydrogens is 426 g/mol. The number of nitrogens with one attached hydrogen (secondary N) is 1. The van der Waals surface area contributed by atoms with Gasteiger partial charge in [-0.2, -0.15) is 0 Å². The molecule has 4 aliphatic carbocycles. The van der Waals surface area contributed by atoms with Gasteiger partial charge in [-0.05, 0) is 92.7 Å². The number of hydrogen-bond acceptors (Lipinski definition) is 6. The molecule has 1 amide bonds. The van der Waals surface area contributed by atoms with E-state index < -0.39 is 0 Å². The van der Waals surface area contributed by atoms with Crippen molar-refractivity contribution in [2.24, 2.45) is 17.8 Å². The van der Waals surface area contributed by atoms with E-state index in [-0.39, 0.29) is 17.1 Å². The number of hydrogen-bond donors (Lipinski definition) is 1. The van der Waals surface area contributed by atoms with Crippen LogP contribution in [0, 0.1) is 17.8 Å². The van der Waals surface area contributed by atoms with E-state index in [0.29, 0.717) is 5.22 Å². The number of rotatable bonds is 9. The number of thioether (sulfide) groups is 2. The van der Waals surface area contributed by atoms with Crippen molar-refractivity contribution < 1.29 is 9.21 Å². The molecule has 4 fully saturated rings. The van der Waals surface area contributed by atoms with Gasteiger partial charge in [-0.3, -0.25) is 4.79 Å². The van der Waals surface area contributed by atoms with Crippen LogP contribution in [0.15, 0.2) is 38.8 Å². The first-order valence-corrected chi connectivity index (χ1v) is 13.6. The lowest BCUT2D eigenvalue weighted by molar-refractivity contribution is -0.113. The Bertz CT molecular complexity index is 877. The Morgan fingerprint density at radius 2 is 1.74 bits per heavy atom. The Morgan fingerprint density at radius 1 is 1.06 bits per heavy atom. The lowest BCUT2D eigenvalue weighted by Gasteiger charge is -2.55. The van der Waals surface area contributed by atoms with Crippen LogP contribution < -0.4 is 5.32 Å². The van der Waals surface area contributed by atoms with E-state index in [2.05, 4.69) is 34.6 Å². The number of unbranched alkanes of at least 4 members (excludes halogenated alkanes) is 1. The molecule has 0 unspecified atom stereocenters. The topological polar surface area (TPSA) is 68.0 Å². The van der Waals surface area contributed by atoms with Crippen LogP contribution in [0.2, 0.25) is 0 Å². The van der Waals surface area contributed by atoms with Gasteiger partial charge >= 0.3 is 0 Å². The smallest absolute Gasteiger partial charge is 0.277 e. The Balaban J connectivity index is 1.13. The Kier molecular flexibility index (Phi) is 6.33. The van der Waals surface area contributed by atoms with Crippen molar-refractivity contribution in [1.82, 2.24) is 10.2 Å². The van der Waals surface area contributed by atoms with Gasteiger partial charge in [-0.25, -0.2) is 0 Å². The minimum atomic E-state index is -0.0501. The van der Waals surface area contributed by atoms with Crippen LogP contribution in [0.25, 0.3) is 0 Å². The molecule has 4 aliphatic rings. The number of benzene rings is 1. The van der Waals surface area contributed by atoms with E-state index in [0.717, 1.165) is 35.1 Å². The summed E-state index contributed by atoms with van der Waals surface area (Å²) in [5.74, 6) is 4.71. The molecule has 4 bridgehead atoms. The van der Waals surface area contributed by atoms with Crippen molar-refractivity contribution in [2.75, 3.05) is 16.8 Å². The molecule has 0 aliphatic heterocycles. The summed E-state index contributed by atoms with van der Waals surface area (Å²) in [6.45, 7) is 2.20. The van der Waals surface area contributed by atoms with Crippen LogP contribution in [-0.4, -0.2) is 27.6 Å². The molecule has 0 saturated heterocycles. The van der Waals surface area contributed by atoms with Crippen molar-refractivity contribution in [3.63, 3.8) is 0 Å². The molecule has 1 aromatic carbocycles. The molecule has 2 aromatic rings. The second kappa shape index (κ2) is 9.18. The van der Waals surface area contributed by atoms with Gasteiger partial charge in [0.2, 0.25) is 11.8 Å². The fourth-order valence-corrected chi connectivity index (χ4v) is 7.71. The number of amides is 1. The van der Waals surface area contributed by atoms with Gasteiger partial charge in [0.15, 0.2) is 0 Å². The first kappa shape index (κ1) is 21.4. The van der Waals surface area contributed by atoms with E-state index in [1.807, 2.05) is 23.9 Å². The summed E-state index contributed by atoms with van der Waals surface area (Å²) in [7, 11) is 0. The zero-order valence-electron chi connectivity index (χ0n) is 18.1. The van der Waals surface area contributed by atoms with Crippen LogP contribution in [-0.2, 0) is 10.2 Å². The first-order chi connectivity index (χ1) is 15.1. The van der Waals surface area contributed by atoms with Crippen LogP contribution in [0.4, 0.5) is 5.69 Å². The lowest BCUT2D eigenvalue weighted by Crippen LogP contribution is -2.48. The Labute approximate surface area is 192 Å². The highest BCUT2D eigenvalue weighted by molar-refractivity contribution is 7.99. The molecule has 166 valence electrons. The molecule has 1 heterocycles. The summed E-state index contributed by atoms with van der Waals surface area (Å²) in [6, 6.07) is 8.07. The normalized spacial score (nSPS) is 28.7. The second-order valence-electron chi connectivity index (χ2n) is 9.63. The minimum Gasteiger partial charge on any atom is -0.415 e. The van der Waals surface area contributed by atoms with Crippen molar-refractivity contribution in [3.05, 3.63) is 30.2 Å². The average molecular weight is 458 g/mol. The fourth-order valence-electron chi connectivity index (χ4n) is 6.15. The van der Waals surface area contributed by atoms with Gasteiger partial charge in [0.25, 0.3) is 5.22 Å². The molecule has 7 heteroatoms. The van der Waals surface area contributed by atoms with Gasteiger partial charge in [-0.1, -0.05) is 25.1 Å². The van der Waals surface area contributed by atoms with E-state index in [1.54, 1.807) is 0 Å². The fraction of sp³-hybridized carbons (Fsp3) is 0.625. The minimum absolute atomic E-state index is 0.0501. The summed E-state index contributed by atoms with van der Waals surface area (Å²) < 4.78 is 6.09. The first-order valence-electron chi connectivity index (χ1n) is 11.6. The van der Waals surface area contributed by atoms with E-state index in [1.165, 1.54) is 68.0 Å². The Morgan fingerprint density at radius 3 is 2.39 bits per heavy atom. The van der Waals surface area contributed by atoms with Gasteiger partial charge in [-0.15, -0.1) is 22.0 Å². The van der Waals surface area contributed by atoms with E-state index in [4.69, 9.17) is 4.42 Å². The summed E-state index contributed by atoms with van der Waals surface area (Å²) in [5, 5.41) is 12.2. The molecule has 0 spiro atoms. The standard InChI is InChI=1S/C24H31N3O2S2/c1-2-3-8-30-20-6-4-19(5-7-20)25-21(28)15-31-23-27-26-22(29-23)24-12-16-9-17(13-24)11-18(10-16)14-24/h4-7,16-18H,2-3,8-15H2,1H3,(H,25,28). The average Bonchev–Trinajstić information content (AvgIpc) is 3.23. The maximum atomic E-state index is 12.4. The number of nitrogens with zero attached hydrogens (tertiary/aromatic N) is 2. The van der Waals surface area contributed by atoms with Crippen molar-refractivity contribution in [3.8, 4) is 0 Å². The van der Waals surface area contributed by atoms with Crippen LogP contribution >= 0.6 is 23.5 Å². The molecule has 5 nitrogen and oxygen atoms in total. The van der Waals surface area contributed by atoms with Crippen LogP contribution in [0.1, 0.15) is 64.2 Å². The molecule has 0 atom stereocenters. The summed E-state index contributed by atoms with van der Waals surface area (Å²) >= 11 is 3.19. The SMILES string of the molecule is CCCCSc1ccc(NC(=O)CSc2nnc(C34CC5CC(CC(C5)C3)C4)o2)cc1. The summed E-state index contributed by atoms with van der Waals surface area (Å²) in [5.41, 5.74) is 0.935. The van der Waals surface area contributed by atoms with E-state index in [9.17, 15) is 4.79 Å². The number of aromatic nitrogens is 2. The molecule has 6 rings (SSSR count). The van der Waals surface area contributed by atoms with Gasteiger partial charge < -0.3 is 9.73 Å². The third-order valence-corrected chi connectivity index (χ3v) is 9.05. The second-order valence-corrected chi connectivity index (χ2v) is 11.7. The lowest BCUT2D eigenvalue weighted by atomic mass is 9.49. The molecule has 1 N–H and O–H groups in total. The number of anilines is 1. The van der Waals surface area contributed by atoms with Crippen molar-refractivity contribution >= 4 is 35.1 Å². The monoisotopic (exact) mass is 457 g/mol. The molecule has 1 aromatic heterocycles. The van der Waals surface area contributed by atoms with Crippen LogP contribution in [0.3, 0.4) is 0 Å². The number of carbonyl (C=O) groups is 1. The van der Waals surface area contributed by atoms with Gasteiger partial charge in [0.05, 0.1) is 5.75 Å². The largest absolute Gasteiger partial charge is 0.415 e. The maximum absolute atomic E-state index is 12.4. The molecule has 4 saturated carbocycles.